The predicted octanol–water partition coefficient (Wildman–Crippen LogP) is 3.54. The Morgan fingerprint density at radius 3 is 2.60 bits per heavy atom. The molecule has 116 valence electrons. The normalized spacial score (nSPS) is 12.6. The lowest BCUT2D eigenvalue weighted by Crippen LogP contribution is -2.36. The van der Waals surface area contributed by atoms with E-state index in [0.717, 1.165) is 4.88 Å². The first-order valence-corrected chi connectivity index (χ1v) is 9.74. The van der Waals surface area contributed by atoms with Gasteiger partial charge in [0.25, 0.3) is 0 Å². The maximum Gasteiger partial charge on any atom is 0.245 e. The molecule has 0 unspecified atom stereocenters. The molecule has 20 heavy (non-hydrogen) atoms. The number of methoxy groups -OCH3 is 1. The molecule has 0 atom stereocenters. The molecule has 1 aromatic rings. The van der Waals surface area contributed by atoms with Gasteiger partial charge in [-0.25, -0.2) is 8.42 Å². The predicted molar refractivity (Wildman–Crippen MR) is 87.0 cm³/mol. The van der Waals surface area contributed by atoms with Crippen LogP contribution >= 0.6 is 38.9 Å². The molecule has 1 rings (SSSR count). The van der Waals surface area contributed by atoms with Crippen LogP contribution in [0.4, 0.5) is 0 Å². The largest absolute Gasteiger partial charge is 0.383 e. The van der Waals surface area contributed by atoms with Crippen molar-refractivity contribution in [2.45, 2.75) is 24.6 Å². The molecule has 0 bridgehead atoms. The molecular formula is C12H19BrClNO3S2. The zero-order valence-electron chi connectivity index (χ0n) is 11.7. The van der Waals surface area contributed by atoms with Crippen molar-refractivity contribution in [1.82, 2.24) is 4.31 Å². The van der Waals surface area contributed by atoms with Gasteiger partial charge in [-0.15, -0.1) is 22.9 Å². The lowest BCUT2D eigenvalue weighted by Gasteiger charge is -2.23. The second-order valence-corrected chi connectivity index (χ2v) is 9.36. The van der Waals surface area contributed by atoms with E-state index in [-0.39, 0.29) is 10.8 Å². The third-order valence-electron chi connectivity index (χ3n) is 2.57. The molecule has 0 aliphatic rings. The topological polar surface area (TPSA) is 46.6 Å². The monoisotopic (exact) mass is 403 g/mol. The number of thiophene rings is 1. The summed E-state index contributed by atoms with van der Waals surface area (Å²) in [4.78, 5) is 1.11. The number of halogens is 2. The van der Waals surface area contributed by atoms with Crippen molar-refractivity contribution in [2.75, 3.05) is 26.8 Å². The summed E-state index contributed by atoms with van der Waals surface area (Å²) >= 11 is 10.4. The Kier molecular flexibility index (Phi) is 7.45. The minimum Gasteiger partial charge on any atom is -0.383 e. The molecule has 8 heteroatoms. The molecule has 0 aliphatic heterocycles. The highest BCUT2D eigenvalue weighted by Crippen LogP contribution is 2.34. The van der Waals surface area contributed by atoms with Crippen molar-refractivity contribution < 1.29 is 13.2 Å². The summed E-state index contributed by atoms with van der Waals surface area (Å²) in [5.41, 5.74) is 0. The lowest BCUT2D eigenvalue weighted by atomic mass is 10.2. The van der Waals surface area contributed by atoms with E-state index in [4.69, 9.17) is 16.3 Å². The summed E-state index contributed by atoms with van der Waals surface area (Å²) in [5.74, 6) is 0.549. The second-order valence-electron chi connectivity index (χ2n) is 4.73. The van der Waals surface area contributed by atoms with Crippen molar-refractivity contribution in [3.8, 4) is 0 Å². The molecule has 0 aliphatic carbocycles. The zero-order valence-corrected chi connectivity index (χ0v) is 15.7. The molecule has 0 N–H and O–H groups in total. The van der Waals surface area contributed by atoms with E-state index in [1.807, 2.05) is 13.8 Å². The molecule has 0 fully saturated rings. The van der Waals surface area contributed by atoms with Gasteiger partial charge < -0.3 is 4.74 Å². The standard InChI is InChI=1S/C12H19BrClNO3S2/c1-9(2)8-15(4-5-18-3)20(16,17)11-6-10(7-14)19-12(11)13/h6,9H,4-5,7-8H2,1-3H3. The van der Waals surface area contributed by atoms with E-state index in [0.29, 0.717) is 29.4 Å². The van der Waals surface area contributed by atoms with Crippen LogP contribution in [0.3, 0.4) is 0 Å². The highest BCUT2D eigenvalue weighted by Gasteiger charge is 2.28. The average molecular weight is 405 g/mol. The van der Waals surface area contributed by atoms with E-state index < -0.39 is 10.0 Å². The quantitative estimate of drug-likeness (QED) is 0.623. The van der Waals surface area contributed by atoms with Crippen molar-refractivity contribution in [3.05, 3.63) is 14.7 Å². The fourth-order valence-electron chi connectivity index (χ4n) is 1.69. The van der Waals surface area contributed by atoms with Crippen LogP contribution < -0.4 is 0 Å². The number of ether oxygens (including phenoxy) is 1. The molecule has 1 aromatic heterocycles. The first-order valence-electron chi connectivity index (χ1n) is 6.16. The van der Waals surface area contributed by atoms with Gasteiger partial charge in [0.05, 0.1) is 16.3 Å². The molecule has 0 aromatic carbocycles. The number of sulfonamides is 1. The number of nitrogens with zero attached hydrogens (tertiary/aromatic N) is 1. The minimum atomic E-state index is -3.53. The summed E-state index contributed by atoms with van der Waals surface area (Å²) in [6.07, 6.45) is 0. The summed E-state index contributed by atoms with van der Waals surface area (Å²) < 4.78 is 32.5. The van der Waals surface area contributed by atoms with Crippen LogP contribution in [-0.2, 0) is 20.6 Å². The third-order valence-corrected chi connectivity index (χ3v) is 7.13. The molecule has 0 amide bonds. The maximum atomic E-state index is 12.7. The molecular weight excluding hydrogens is 386 g/mol. The first kappa shape index (κ1) is 18.4. The van der Waals surface area contributed by atoms with Gasteiger partial charge in [0, 0.05) is 25.1 Å². The Morgan fingerprint density at radius 1 is 1.50 bits per heavy atom. The van der Waals surface area contributed by atoms with Gasteiger partial charge >= 0.3 is 0 Å². The van der Waals surface area contributed by atoms with Crippen molar-refractivity contribution in [1.29, 1.82) is 0 Å². The van der Waals surface area contributed by atoms with Gasteiger partial charge in [0.15, 0.2) is 0 Å². The van der Waals surface area contributed by atoms with Crippen LogP contribution in [0.1, 0.15) is 18.7 Å². The Morgan fingerprint density at radius 2 is 2.15 bits per heavy atom. The van der Waals surface area contributed by atoms with Crippen LogP contribution in [0.25, 0.3) is 0 Å². The Bertz CT molecular complexity index is 531. The Labute approximate surface area is 138 Å². The molecule has 1 heterocycles. The molecule has 0 saturated carbocycles. The molecule has 0 spiro atoms. The Hall–Kier alpha value is 0.340. The second kappa shape index (κ2) is 8.10. The van der Waals surface area contributed by atoms with Gasteiger partial charge in [-0.1, -0.05) is 13.8 Å². The molecule has 0 saturated heterocycles. The van der Waals surface area contributed by atoms with Gasteiger partial charge in [-0.2, -0.15) is 4.31 Å². The first-order chi connectivity index (χ1) is 9.32. The highest BCUT2D eigenvalue weighted by atomic mass is 79.9. The number of rotatable bonds is 8. The fraction of sp³-hybridized carbons (Fsp3) is 0.667. The van der Waals surface area contributed by atoms with Crippen LogP contribution in [0, 0.1) is 5.92 Å². The Balaban J connectivity index is 3.10. The number of hydrogen-bond acceptors (Lipinski definition) is 4. The van der Waals surface area contributed by atoms with Crippen LogP contribution in [0.2, 0.25) is 0 Å². The number of alkyl halides is 1. The van der Waals surface area contributed by atoms with E-state index in [2.05, 4.69) is 15.9 Å². The molecule has 4 nitrogen and oxygen atoms in total. The molecule has 0 radical (unpaired) electrons. The number of hydrogen-bond donors (Lipinski definition) is 0. The van der Waals surface area contributed by atoms with Gasteiger partial charge in [0.1, 0.15) is 4.90 Å². The van der Waals surface area contributed by atoms with Crippen LogP contribution in [-0.4, -0.2) is 39.5 Å². The van der Waals surface area contributed by atoms with E-state index in [1.165, 1.54) is 15.6 Å². The smallest absolute Gasteiger partial charge is 0.245 e. The minimum absolute atomic E-state index is 0.242. The van der Waals surface area contributed by atoms with E-state index in [9.17, 15) is 8.42 Å². The van der Waals surface area contributed by atoms with Crippen LogP contribution in [0.15, 0.2) is 14.7 Å². The van der Waals surface area contributed by atoms with Gasteiger partial charge in [-0.3, -0.25) is 0 Å². The van der Waals surface area contributed by atoms with E-state index in [1.54, 1.807) is 13.2 Å². The average Bonchev–Trinajstić information content (AvgIpc) is 2.76. The summed E-state index contributed by atoms with van der Waals surface area (Å²) in [5, 5.41) is 0. The lowest BCUT2D eigenvalue weighted by molar-refractivity contribution is 0.175. The van der Waals surface area contributed by atoms with E-state index >= 15 is 0 Å². The van der Waals surface area contributed by atoms with Gasteiger partial charge in [0.2, 0.25) is 10.0 Å². The fourth-order valence-corrected chi connectivity index (χ4v) is 6.00. The third kappa shape index (κ3) is 4.68. The van der Waals surface area contributed by atoms with Crippen molar-refractivity contribution in [2.24, 2.45) is 5.92 Å². The van der Waals surface area contributed by atoms with Crippen LogP contribution in [0.5, 0.6) is 0 Å². The van der Waals surface area contributed by atoms with Crippen molar-refractivity contribution >= 4 is 48.9 Å². The maximum absolute atomic E-state index is 12.7. The summed E-state index contributed by atoms with van der Waals surface area (Å²) in [6, 6.07) is 1.64. The summed E-state index contributed by atoms with van der Waals surface area (Å²) in [6.45, 7) is 5.15. The zero-order chi connectivity index (χ0) is 15.3. The van der Waals surface area contributed by atoms with Crippen molar-refractivity contribution in [3.63, 3.8) is 0 Å². The summed E-state index contributed by atoms with van der Waals surface area (Å²) in [7, 11) is -1.97. The van der Waals surface area contributed by atoms with Gasteiger partial charge in [-0.05, 0) is 27.9 Å². The highest BCUT2D eigenvalue weighted by molar-refractivity contribution is 9.11. The SMILES string of the molecule is COCCN(CC(C)C)S(=O)(=O)c1cc(CCl)sc1Br.